The third kappa shape index (κ3) is 2.10. The molecule has 2 saturated carbocycles. The van der Waals surface area contributed by atoms with Crippen LogP contribution in [-0.4, -0.2) is 11.6 Å². The first-order valence-electron chi connectivity index (χ1n) is 8.40. The summed E-state index contributed by atoms with van der Waals surface area (Å²) in [5, 5.41) is 0. The lowest BCUT2D eigenvalue weighted by Gasteiger charge is -2.47. The lowest BCUT2D eigenvalue weighted by molar-refractivity contribution is -0.172. The van der Waals surface area contributed by atoms with Crippen molar-refractivity contribution in [2.75, 3.05) is 0 Å². The molecular formula is C19H28O2. The summed E-state index contributed by atoms with van der Waals surface area (Å²) in [6, 6.07) is 0. The Balaban J connectivity index is 1.92. The third-order valence-corrected chi connectivity index (χ3v) is 6.48. The van der Waals surface area contributed by atoms with Crippen LogP contribution in [0.3, 0.4) is 0 Å². The summed E-state index contributed by atoms with van der Waals surface area (Å²) in [5.41, 5.74) is 1.97. The SMILES string of the molecule is C=C(C)C(=O)OC(C)(CC)C12CC(C)C=C3CC(C1)C3C2. The molecule has 2 fully saturated rings. The Morgan fingerprint density at radius 3 is 2.81 bits per heavy atom. The number of ether oxygens (including phenoxy) is 1. The van der Waals surface area contributed by atoms with Crippen molar-refractivity contribution in [1.29, 1.82) is 0 Å². The zero-order valence-corrected chi connectivity index (χ0v) is 13.9. The Bertz CT molecular complexity index is 518. The summed E-state index contributed by atoms with van der Waals surface area (Å²) in [5.74, 6) is 1.97. The highest BCUT2D eigenvalue weighted by Crippen LogP contribution is 2.66. The lowest BCUT2D eigenvalue weighted by atomic mass is 9.64. The van der Waals surface area contributed by atoms with E-state index in [1.165, 1.54) is 19.3 Å². The minimum Gasteiger partial charge on any atom is -0.455 e. The van der Waals surface area contributed by atoms with Crippen LogP contribution in [0.2, 0.25) is 0 Å². The van der Waals surface area contributed by atoms with E-state index < -0.39 is 0 Å². The maximum absolute atomic E-state index is 12.2. The van der Waals surface area contributed by atoms with E-state index in [0.717, 1.165) is 24.7 Å². The van der Waals surface area contributed by atoms with Gasteiger partial charge < -0.3 is 4.74 Å². The van der Waals surface area contributed by atoms with Gasteiger partial charge in [-0.3, -0.25) is 0 Å². The number of hydrogen-bond acceptors (Lipinski definition) is 2. The van der Waals surface area contributed by atoms with Crippen LogP contribution in [0, 0.1) is 23.2 Å². The maximum atomic E-state index is 12.2. The number of carbonyl (C=O) groups excluding carboxylic acids is 1. The zero-order valence-electron chi connectivity index (χ0n) is 13.9. The molecule has 3 rings (SSSR count). The molecule has 0 aliphatic heterocycles. The third-order valence-electron chi connectivity index (χ3n) is 6.48. The molecule has 21 heavy (non-hydrogen) atoms. The second-order valence-corrected chi connectivity index (χ2v) is 7.94. The number of hydrogen-bond donors (Lipinski definition) is 0. The maximum Gasteiger partial charge on any atom is 0.333 e. The highest BCUT2D eigenvalue weighted by Gasteiger charge is 2.61. The molecule has 2 heteroatoms. The first kappa shape index (κ1) is 14.9. The normalized spacial score (nSPS) is 39.6. The highest BCUT2D eigenvalue weighted by atomic mass is 16.6. The van der Waals surface area contributed by atoms with Gasteiger partial charge in [-0.15, -0.1) is 0 Å². The molecule has 0 spiro atoms. The Hall–Kier alpha value is -1.05. The monoisotopic (exact) mass is 288 g/mol. The van der Waals surface area contributed by atoms with E-state index in [2.05, 4.69) is 33.4 Å². The van der Waals surface area contributed by atoms with Gasteiger partial charge in [-0.2, -0.15) is 0 Å². The van der Waals surface area contributed by atoms with Gasteiger partial charge in [0, 0.05) is 11.0 Å². The van der Waals surface area contributed by atoms with Gasteiger partial charge in [0.05, 0.1) is 0 Å². The molecule has 2 nitrogen and oxygen atoms in total. The molecule has 0 heterocycles. The van der Waals surface area contributed by atoms with E-state index in [9.17, 15) is 4.79 Å². The number of carbonyl (C=O) groups is 1. The predicted octanol–water partition coefficient (Wildman–Crippen LogP) is 4.66. The molecule has 5 atom stereocenters. The summed E-state index contributed by atoms with van der Waals surface area (Å²) in [7, 11) is 0. The Kier molecular flexibility index (Phi) is 3.35. The molecule has 0 aromatic carbocycles. The molecule has 0 radical (unpaired) electrons. The quantitative estimate of drug-likeness (QED) is 0.427. The van der Waals surface area contributed by atoms with E-state index in [1.54, 1.807) is 12.5 Å². The van der Waals surface area contributed by atoms with E-state index >= 15 is 0 Å². The molecule has 3 aliphatic rings. The van der Waals surface area contributed by atoms with Crippen molar-refractivity contribution in [3.05, 3.63) is 23.8 Å². The molecule has 0 N–H and O–H groups in total. The molecule has 0 aromatic heterocycles. The number of rotatable bonds is 4. The van der Waals surface area contributed by atoms with Gasteiger partial charge in [-0.05, 0) is 63.7 Å². The van der Waals surface area contributed by atoms with Gasteiger partial charge in [0.1, 0.15) is 5.60 Å². The number of fused-ring (bicyclic) bond motifs is 1. The summed E-state index contributed by atoms with van der Waals surface area (Å²) >= 11 is 0. The second-order valence-electron chi connectivity index (χ2n) is 7.94. The summed E-state index contributed by atoms with van der Waals surface area (Å²) in [4.78, 5) is 12.2. The molecule has 0 amide bonds. The largest absolute Gasteiger partial charge is 0.455 e. The average molecular weight is 288 g/mol. The van der Waals surface area contributed by atoms with Crippen molar-refractivity contribution in [2.24, 2.45) is 23.2 Å². The van der Waals surface area contributed by atoms with Crippen LogP contribution in [0.4, 0.5) is 0 Å². The van der Waals surface area contributed by atoms with Crippen molar-refractivity contribution in [1.82, 2.24) is 0 Å². The van der Waals surface area contributed by atoms with Crippen LogP contribution in [0.5, 0.6) is 0 Å². The van der Waals surface area contributed by atoms with Crippen LogP contribution in [-0.2, 0) is 9.53 Å². The zero-order chi connectivity index (χ0) is 15.4. The average Bonchev–Trinajstić information content (AvgIpc) is 2.62. The Morgan fingerprint density at radius 2 is 2.19 bits per heavy atom. The first-order chi connectivity index (χ1) is 9.80. The Labute approximate surface area is 128 Å². The van der Waals surface area contributed by atoms with E-state index in [-0.39, 0.29) is 17.0 Å². The van der Waals surface area contributed by atoms with Crippen LogP contribution in [0.25, 0.3) is 0 Å². The fourth-order valence-electron chi connectivity index (χ4n) is 5.15. The van der Waals surface area contributed by atoms with Gasteiger partial charge in [-0.25, -0.2) is 4.79 Å². The van der Waals surface area contributed by atoms with Crippen molar-refractivity contribution >= 4 is 5.97 Å². The van der Waals surface area contributed by atoms with Crippen molar-refractivity contribution in [2.45, 2.75) is 65.4 Å². The van der Waals surface area contributed by atoms with Crippen LogP contribution in [0.1, 0.15) is 59.8 Å². The number of esters is 1. The van der Waals surface area contributed by atoms with Crippen molar-refractivity contribution in [3.63, 3.8) is 0 Å². The van der Waals surface area contributed by atoms with Crippen LogP contribution < -0.4 is 0 Å². The van der Waals surface area contributed by atoms with Gasteiger partial charge in [-0.1, -0.05) is 32.1 Å². The van der Waals surface area contributed by atoms with Gasteiger partial charge in [0.2, 0.25) is 0 Å². The molecule has 0 aromatic rings. The first-order valence-corrected chi connectivity index (χ1v) is 8.40. The predicted molar refractivity (Wildman–Crippen MR) is 84.7 cm³/mol. The van der Waals surface area contributed by atoms with Gasteiger partial charge in [0.15, 0.2) is 0 Å². The second kappa shape index (κ2) is 4.72. The lowest BCUT2D eigenvalue weighted by Crippen LogP contribution is -2.48. The fraction of sp³-hybridized carbons (Fsp3) is 0.737. The number of allylic oxidation sites excluding steroid dienone is 2. The minimum absolute atomic E-state index is 0.149. The molecule has 0 saturated heterocycles. The molecule has 2 bridgehead atoms. The van der Waals surface area contributed by atoms with Crippen molar-refractivity contribution in [3.8, 4) is 0 Å². The van der Waals surface area contributed by atoms with Gasteiger partial charge >= 0.3 is 5.97 Å². The van der Waals surface area contributed by atoms with Crippen molar-refractivity contribution < 1.29 is 9.53 Å². The topological polar surface area (TPSA) is 26.3 Å². The smallest absolute Gasteiger partial charge is 0.333 e. The summed E-state index contributed by atoms with van der Waals surface area (Å²) in [6.07, 6.45) is 8.25. The van der Waals surface area contributed by atoms with E-state index in [0.29, 0.717) is 11.5 Å². The molecule has 3 aliphatic carbocycles. The molecule has 5 unspecified atom stereocenters. The fourth-order valence-corrected chi connectivity index (χ4v) is 5.15. The Morgan fingerprint density at radius 1 is 1.48 bits per heavy atom. The summed E-state index contributed by atoms with van der Waals surface area (Å²) in [6.45, 7) is 12.1. The molecular weight excluding hydrogens is 260 g/mol. The van der Waals surface area contributed by atoms with E-state index in [4.69, 9.17) is 4.74 Å². The summed E-state index contributed by atoms with van der Waals surface area (Å²) < 4.78 is 6.02. The van der Waals surface area contributed by atoms with E-state index in [1.807, 2.05) is 0 Å². The highest BCUT2D eigenvalue weighted by molar-refractivity contribution is 5.87. The molecule has 116 valence electrons. The standard InChI is InChI=1S/C19H28O2/c1-6-18(5,21-17(20)12(2)3)19-9-13(4)7-14-8-15(10-19)16(14)11-19/h7,13,15-16H,2,6,8-11H2,1,3-5H3. The van der Waals surface area contributed by atoms with Crippen LogP contribution in [0.15, 0.2) is 23.8 Å². The van der Waals surface area contributed by atoms with Gasteiger partial charge in [0.25, 0.3) is 0 Å². The van der Waals surface area contributed by atoms with Crippen LogP contribution >= 0.6 is 0 Å². The minimum atomic E-state index is -0.363.